The van der Waals surface area contributed by atoms with Gasteiger partial charge in [0.1, 0.15) is 11.5 Å². The minimum Gasteiger partial charge on any atom is -0.383 e. The lowest BCUT2D eigenvalue weighted by atomic mass is 10.1. The Labute approximate surface area is 105 Å². The second kappa shape index (κ2) is 4.38. The number of aromatic nitrogens is 4. The lowest BCUT2D eigenvalue weighted by Gasteiger charge is -2.17. The van der Waals surface area contributed by atoms with E-state index in [1.165, 1.54) is 0 Å². The van der Waals surface area contributed by atoms with Crippen LogP contribution >= 0.6 is 0 Å². The standard InChI is InChI=1S/C12H15N5O/c1-2-17-7-14-5-10(17)12-15-9-3-4-18-6-8(9)11(13)16-12/h5,7H,2-4,6H2,1H3,(H2,13,15,16). The highest BCUT2D eigenvalue weighted by atomic mass is 16.5. The number of hydrogen-bond acceptors (Lipinski definition) is 5. The maximum absolute atomic E-state index is 5.98. The Bertz CT molecular complexity index is 578. The molecule has 0 amide bonds. The van der Waals surface area contributed by atoms with Gasteiger partial charge in [-0.3, -0.25) is 0 Å². The van der Waals surface area contributed by atoms with Gasteiger partial charge in [0.05, 0.1) is 31.4 Å². The Balaban J connectivity index is 2.11. The fourth-order valence-corrected chi connectivity index (χ4v) is 2.13. The van der Waals surface area contributed by atoms with Crippen molar-refractivity contribution in [1.29, 1.82) is 0 Å². The molecular formula is C12H15N5O. The number of ether oxygens (including phenoxy) is 1. The number of aryl methyl sites for hydroxylation is 1. The highest BCUT2D eigenvalue weighted by Crippen LogP contribution is 2.24. The lowest BCUT2D eigenvalue weighted by Crippen LogP contribution is -2.16. The summed E-state index contributed by atoms with van der Waals surface area (Å²) < 4.78 is 7.38. The number of nitrogen functional groups attached to an aromatic ring is 1. The zero-order valence-corrected chi connectivity index (χ0v) is 10.3. The average molecular weight is 245 g/mol. The first-order valence-electron chi connectivity index (χ1n) is 6.03. The molecule has 1 aliphatic heterocycles. The molecule has 0 radical (unpaired) electrons. The Morgan fingerprint density at radius 2 is 2.33 bits per heavy atom. The molecule has 0 saturated carbocycles. The molecule has 0 aromatic carbocycles. The van der Waals surface area contributed by atoms with Gasteiger partial charge >= 0.3 is 0 Å². The van der Waals surface area contributed by atoms with E-state index in [9.17, 15) is 0 Å². The zero-order chi connectivity index (χ0) is 12.5. The molecule has 0 bridgehead atoms. The molecule has 94 valence electrons. The lowest BCUT2D eigenvalue weighted by molar-refractivity contribution is 0.109. The number of rotatable bonds is 2. The molecule has 3 rings (SSSR count). The highest BCUT2D eigenvalue weighted by Gasteiger charge is 2.18. The summed E-state index contributed by atoms with van der Waals surface area (Å²) in [6.07, 6.45) is 4.33. The smallest absolute Gasteiger partial charge is 0.180 e. The molecule has 6 nitrogen and oxygen atoms in total. The van der Waals surface area contributed by atoms with Crippen molar-refractivity contribution >= 4 is 5.82 Å². The molecule has 18 heavy (non-hydrogen) atoms. The van der Waals surface area contributed by atoms with Crippen LogP contribution in [0.3, 0.4) is 0 Å². The Kier molecular flexibility index (Phi) is 2.71. The number of fused-ring (bicyclic) bond motifs is 1. The number of nitrogens with zero attached hydrogens (tertiary/aromatic N) is 4. The molecule has 2 N–H and O–H groups in total. The van der Waals surface area contributed by atoms with Gasteiger partial charge in [-0.1, -0.05) is 0 Å². The molecule has 2 aromatic rings. The first-order valence-corrected chi connectivity index (χ1v) is 6.03. The van der Waals surface area contributed by atoms with Crippen LogP contribution in [0.15, 0.2) is 12.5 Å². The molecule has 0 aliphatic carbocycles. The first-order chi connectivity index (χ1) is 8.79. The highest BCUT2D eigenvalue weighted by molar-refractivity contribution is 5.55. The third-order valence-electron chi connectivity index (χ3n) is 3.14. The molecule has 1 aliphatic rings. The van der Waals surface area contributed by atoms with Gasteiger partial charge < -0.3 is 15.0 Å². The molecule has 3 heterocycles. The quantitative estimate of drug-likeness (QED) is 0.854. The molecule has 0 atom stereocenters. The molecule has 0 saturated heterocycles. The number of imidazole rings is 1. The Hall–Kier alpha value is -1.95. The van der Waals surface area contributed by atoms with Gasteiger partial charge in [0.25, 0.3) is 0 Å². The summed E-state index contributed by atoms with van der Waals surface area (Å²) in [7, 11) is 0. The van der Waals surface area contributed by atoms with Crippen molar-refractivity contribution in [3.8, 4) is 11.5 Å². The fraction of sp³-hybridized carbons (Fsp3) is 0.417. The van der Waals surface area contributed by atoms with Crippen LogP contribution in [0.2, 0.25) is 0 Å². The monoisotopic (exact) mass is 245 g/mol. The SMILES string of the molecule is CCn1cncc1-c1nc(N)c2c(n1)CCOC2. The summed E-state index contributed by atoms with van der Waals surface area (Å²) in [6, 6.07) is 0. The van der Waals surface area contributed by atoms with Crippen LogP contribution in [-0.4, -0.2) is 26.1 Å². The van der Waals surface area contributed by atoms with E-state index in [2.05, 4.69) is 21.9 Å². The van der Waals surface area contributed by atoms with E-state index in [0.717, 1.165) is 29.9 Å². The normalized spacial score (nSPS) is 14.5. The van der Waals surface area contributed by atoms with Crippen LogP contribution in [0.25, 0.3) is 11.5 Å². The maximum Gasteiger partial charge on any atom is 0.180 e. The van der Waals surface area contributed by atoms with Crippen molar-refractivity contribution in [3.05, 3.63) is 23.8 Å². The van der Waals surface area contributed by atoms with Gasteiger partial charge in [-0.2, -0.15) is 0 Å². The van der Waals surface area contributed by atoms with E-state index in [1.807, 2.05) is 4.57 Å². The average Bonchev–Trinajstić information content (AvgIpc) is 2.87. The predicted molar refractivity (Wildman–Crippen MR) is 66.7 cm³/mol. The molecule has 0 spiro atoms. The van der Waals surface area contributed by atoms with Crippen LogP contribution in [-0.2, 0) is 24.3 Å². The minimum absolute atomic E-state index is 0.508. The summed E-state index contributed by atoms with van der Waals surface area (Å²) in [4.78, 5) is 13.1. The predicted octanol–water partition coefficient (Wildman–Crippen LogP) is 1.01. The summed E-state index contributed by atoms with van der Waals surface area (Å²) >= 11 is 0. The largest absolute Gasteiger partial charge is 0.383 e. The first kappa shape index (κ1) is 11.2. The van der Waals surface area contributed by atoms with Crippen molar-refractivity contribution < 1.29 is 4.74 Å². The van der Waals surface area contributed by atoms with Gasteiger partial charge in [0.2, 0.25) is 0 Å². The van der Waals surface area contributed by atoms with E-state index < -0.39 is 0 Å². The van der Waals surface area contributed by atoms with Crippen molar-refractivity contribution in [2.45, 2.75) is 26.5 Å². The molecule has 6 heteroatoms. The van der Waals surface area contributed by atoms with Crippen LogP contribution in [0.5, 0.6) is 0 Å². The van der Waals surface area contributed by atoms with Crippen LogP contribution < -0.4 is 5.73 Å². The van der Waals surface area contributed by atoms with Crippen molar-refractivity contribution in [2.75, 3.05) is 12.3 Å². The second-order valence-electron chi connectivity index (χ2n) is 4.23. The summed E-state index contributed by atoms with van der Waals surface area (Å²) in [5.74, 6) is 1.16. The van der Waals surface area contributed by atoms with E-state index in [4.69, 9.17) is 10.5 Å². The number of anilines is 1. The number of nitrogens with two attached hydrogens (primary N) is 1. The third-order valence-corrected chi connectivity index (χ3v) is 3.14. The summed E-state index contributed by atoms with van der Waals surface area (Å²) in [5, 5.41) is 0. The molecular weight excluding hydrogens is 230 g/mol. The molecule has 0 fully saturated rings. The molecule has 0 unspecified atom stereocenters. The van der Waals surface area contributed by atoms with Gasteiger partial charge in [-0.15, -0.1) is 0 Å². The van der Waals surface area contributed by atoms with Crippen molar-refractivity contribution in [2.24, 2.45) is 0 Å². The van der Waals surface area contributed by atoms with Gasteiger partial charge in [0, 0.05) is 18.5 Å². The van der Waals surface area contributed by atoms with Crippen molar-refractivity contribution in [3.63, 3.8) is 0 Å². The summed E-state index contributed by atoms with van der Waals surface area (Å²) in [5.41, 5.74) is 8.80. The third kappa shape index (κ3) is 1.74. The van der Waals surface area contributed by atoms with Crippen LogP contribution in [0, 0.1) is 0 Å². The van der Waals surface area contributed by atoms with Gasteiger partial charge in [0.15, 0.2) is 5.82 Å². The summed E-state index contributed by atoms with van der Waals surface area (Å²) in [6.45, 7) is 4.09. The fourth-order valence-electron chi connectivity index (χ4n) is 2.13. The van der Waals surface area contributed by atoms with Gasteiger partial charge in [-0.25, -0.2) is 15.0 Å². The maximum atomic E-state index is 5.98. The second-order valence-corrected chi connectivity index (χ2v) is 4.23. The minimum atomic E-state index is 0.508. The zero-order valence-electron chi connectivity index (χ0n) is 10.3. The van der Waals surface area contributed by atoms with E-state index in [-0.39, 0.29) is 0 Å². The Morgan fingerprint density at radius 1 is 1.44 bits per heavy atom. The van der Waals surface area contributed by atoms with Crippen molar-refractivity contribution in [1.82, 2.24) is 19.5 Å². The van der Waals surface area contributed by atoms with E-state index in [0.29, 0.717) is 24.9 Å². The van der Waals surface area contributed by atoms with Crippen LogP contribution in [0.1, 0.15) is 18.2 Å². The van der Waals surface area contributed by atoms with E-state index >= 15 is 0 Å². The van der Waals surface area contributed by atoms with E-state index in [1.54, 1.807) is 12.5 Å². The molecule has 2 aromatic heterocycles. The number of hydrogen-bond donors (Lipinski definition) is 1. The Morgan fingerprint density at radius 3 is 3.17 bits per heavy atom. The van der Waals surface area contributed by atoms with Gasteiger partial charge in [-0.05, 0) is 6.92 Å². The topological polar surface area (TPSA) is 78.9 Å². The van der Waals surface area contributed by atoms with Crippen LogP contribution in [0.4, 0.5) is 5.82 Å².